The summed E-state index contributed by atoms with van der Waals surface area (Å²) in [4.78, 5) is 14.7. The molecule has 4 aromatic carbocycles. The molecule has 152 valence electrons. The molecule has 32 heavy (non-hydrogen) atoms. The Kier molecular flexibility index (Phi) is 4.51. The van der Waals surface area contributed by atoms with Crippen LogP contribution >= 0.6 is 11.3 Å². The molecule has 0 saturated heterocycles. The summed E-state index contributed by atoms with van der Waals surface area (Å²) < 4.78 is 2.53. The smallest absolute Gasteiger partial charge is 0.164 e. The average Bonchev–Trinajstić information content (AvgIpc) is 3.25. The van der Waals surface area contributed by atoms with E-state index in [9.17, 15) is 0 Å². The van der Waals surface area contributed by atoms with Gasteiger partial charge in [0, 0.05) is 36.9 Å². The summed E-state index contributed by atoms with van der Waals surface area (Å²) in [5, 5.41) is 2.50. The van der Waals surface area contributed by atoms with Crippen LogP contribution in [0, 0.1) is 6.92 Å². The van der Waals surface area contributed by atoms with Gasteiger partial charge >= 0.3 is 0 Å². The predicted octanol–water partition coefficient (Wildman–Crippen LogP) is 7.55. The van der Waals surface area contributed by atoms with Gasteiger partial charge in [-0.05, 0) is 24.6 Å². The van der Waals surface area contributed by atoms with E-state index < -0.39 is 0 Å². The number of rotatable bonds is 3. The third-order valence-electron chi connectivity index (χ3n) is 5.67. The summed E-state index contributed by atoms with van der Waals surface area (Å²) in [5.41, 5.74) is 4.26. The number of nitrogens with zero attached hydrogens (tertiary/aromatic N) is 3. The maximum atomic E-state index is 4.95. The van der Waals surface area contributed by atoms with E-state index in [1.165, 1.54) is 25.7 Å². The molecule has 0 aliphatic carbocycles. The van der Waals surface area contributed by atoms with Gasteiger partial charge in [-0.25, -0.2) is 15.0 Å². The highest BCUT2D eigenvalue weighted by Gasteiger charge is 2.17. The summed E-state index contributed by atoms with van der Waals surface area (Å²) in [5.74, 6) is 2.07. The lowest BCUT2D eigenvalue weighted by Crippen LogP contribution is -2.00. The van der Waals surface area contributed by atoms with E-state index >= 15 is 0 Å². The Morgan fingerprint density at radius 3 is 1.66 bits per heavy atom. The third kappa shape index (κ3) is 3.17. The van der Waals surface area contributed by atoms with E-state index in [-0.39, 0.29) is 0 Å². The first-order valence-corrected chi connectivity index (χ1v) is 11.4. The first-order valence-electron chi connectivity index (χ1n) is 10.6. The zero-order valence-corrected chi connectivity index (χ0v) is 18.3. The second kappa shape index (κ2) is 7.66. The predicted molar refractivity (Wildman–Crippen MR) is 134 cm³/mol. The van der Waals surface area contributed by atoms with Gasteiger partial charge < -0.3 is 0 Å². The number of aromatic nitrogens is 3. The van der Waals surface area contributed by atoms with Gasteiger partial charge in [-0.1, -0.05) is 84.9 Å². The number of benzene rings is 4. The van der Waals surface area contributed by atoms with Gasteiger partial charge in [0.15, 0.2) is 17.5 Å². The Labute approximate surface area is 190 Å². The molecular formula is C28H19N3S. The van der Waals surface area contributed by atoms with Crippen LogP contribution in [0.4, 0.5) is 0 Å². The van der Waals surface area contributed by atoms with Crippen molar-refractivity contribution in [2.24, 2.45) is 0 Å². The van der Waals surface area contributed by atoms with E-state index in [1.54, 1.807) is 0 Å². The van der Waals surface area contributed by atoms with Crippen molar-refractivity contribution < 1.29 is 0 Å². The van der Waals surface area contributed by atoms with E-state index in [2.05, 4.69) is 43.3 Å². The normalized spacial score (nSPS) is 11.3. The monoisotopic (exact) mass is 429 g/mol. The van der Waals surface area contributed by atoms with Crippen LogP contribution in [0.25, 0.3) is 54.3 Å². The van der Waals surface area contributed by atoms with Gasteiger partial charge in [-0.2, -0.15) is 0 Å². The van der Waals surface area contributed by atoms with Crippen molar-refractivity contribution in [2.75, 3.05) is 0 Å². The van der Waals surface area contributed by atoms with Gasteiger partial charge in [-0.3, -0.25) is 0 Å². The Hall–Kier alpha value is -3.89. The second-order valence-corrected chi connectivity index (χ2v) is 8.85. The van der Waals surface area contributed by atoms with Gasteiger partial charge in [0.2, 0.25) is 0 Å². The fourth-order valence-electron chi connectivity index (χ4n) is 4.15. The molecule has 0 aliphatic heterocycles. The van der Waals surface area contributed by atoms with E-state index in [1.807, 2.05) is 72.0 Å². The molecule has 0 amide bonds. The van der Waals surface area contributed by atoms with E-state index in [0.717, 1.165) is 16.7 Å². The number of fused-ring (bicyclic) bond motifs is 3. The molecule has 0 N–H and O–H groups in total. The Morgan fingerprint density at radius 2 is 1.03 bits per heavy atom. The highest BCUT2D eigenvalue weighted by Crippen LogP contribution is 2.41. The first-order chi connectivity index (χ1) is 15.8. The van der Waals surface area contributed by atoms with Gasteiger partial charge in [0.05, 0.1) is 0 Å². The lowest BCUT2D eigenvalue weighted by Gasteiger charge is -2.10. The fourth-order valence-corrected chi connectivity index (χ4v) is 5.36. The summed E-state index contributed by atoms with van der Waals surface area (Å²) >= 11 is 1.81. The number of hydrogen-bond acceptors (Lipinski definition) is 4. The van der Waals surface area contributed by atoms with Crippen LogP contribution in [0.1, 0.15) is 5.56 Å². The lowest BCUT2D eigenvalue weighted by atomic mass is 10.0. The van der Waals surface area contributed by atoms with Gasteiger partial charge in [0.1, 0.15) is 0 Å². The molecule has 0 aliphatic rings. The topological polar surface area (TPSA) is 38.7 Å². The molecule has 2 heterocycles. The van der Waals surface area contributed by atoms with Crippen LogP contribution in [-0.2, 0) is 0 Å². The quantitative estimate of drug-likeness (QED) is 0.291. The zero-order chi connectivity index (χ0) is 21.5. The molecule has 0 unspecified atom stereocenters. The van der Waals surface area contributed by atoms with Gasteiger partial charge in [0.25, 0.3) is 0 Å². The SMILES string of the molecule is Cc1cccc2sc3cccc(-c4nc(-c5ccccc5)nc(-c5ccccc5)n4)c3c12. The molecule has 0 fully saturated rings. The molecule has 0 saturated carbocycles. The summed E-state index contributed by atoms with van der Waals surface area (Å²) in [6.07, 6.45) is 0. The number of hydrogen-bond donors (Lipinski definition) is 0. The minimum Gasteiger partial charge on any atom is -0.208 e. The molecule has 2 aromatic heterocycles. The maximum absolute atomic E-state index is 4.95. The summed E-state index contributed by atoms with van der Waals surface area (Å²) in [6.45, 7) is 2.17. The third-order valence-corrected chi connectivity index (χ3v) is 6.79. The fraction of sp³-hybridized carbons (Fsp3) is 0.0357. The molecule has 6 aromatic rings. The van der Waals surface area contributed by atoms with Crippen LogP contribution in [0.2, 0.25) is 0 Å². The second-order valence-electron chi connectivity index (χ2n) is 7.77. The zero-order valence-electron chi connectivity index (χ0n) is 17.5. The van der Waals surface area contributed by atoms with Crippen molar-refractivity contribution in [3.05, 3.63) is 103 Å². The Bertz CT molecular complexity index is 1510. The van der Waals surface area contributed by atoms with Crippen molar-refractivity contribution in [2.45, 2.75) is 6.92 Å². The average molecular weight is 430 g/mol. The molecule has 0 radical (unpaired) electrons. The minimum absolute atomic E-state index is 0.683. The molecule has 0 atom stereocenters. The Balaban J connectivity index is 1.67. The maximum Gasteiger partial charge on any atom is 0.164 e. The highest BCUT2D eigenvalue weighted by atomic mass is 32.1. The molecular weight excluding hydrogens is 410 g/mol. The molecule has 0 spiro atoms. The number of thiophene rings is 1. The number of aryl methyl sites for hydroxylation is 1. The van der Waals surface area contributed by atoms with Gasteiger partial charge in [-0.15, -0.1) is 11.3 Å². The largest absolute Gasteiger partial charge is 0.208 e. The van der Waals surface area contributed by atoms with Crippen LogP contribution in [0.3, 0.4) is 0 Å². The van der Waals surface area contributed by atoms with Crippen molar-refractivity contribution in [3.63, 3.8) is 0 Å². The Morgan fingerprint density at radius 1 is 0.500 bits per heavy atom. The van der Waals surface area contributed by atoms with Crippen molar-refractivity contribution >= 4 is 31.5 Å². The molecule has 3 nitrogen and oxygen atoms in total. The van der Waals surface area contributed by atoms with Crippen LogP contribution in [0.15, 0.2) is 97.1 Å². The standard InChI is InChI=1S/C28H19N3S/c1-18-10-8-16-22-24(18)25-21(15-9-17-23(25)32-22)28-30-26(19-11-4-2-5-12-19)29-27(31-28)20-13-6-3-7-14-20/h2-17H,1H3. The molecule has 0 bridgehead atoms. The first kappa shape index (κ1) is 18.8. The van der Waals surface area contributed by atoms with Crippen LogP contribution < -0.4 is 0 Å². The summed E-state index contributed by atoms with van der Waals surface area (Å²) in [6, 6.07) is 33.1. The lowest BCUT2D eigenvalue weighted by molar-refractivity contribution is 1.08. The van der Waals surface area contributed by atoms with Crippen LogP contribution in [-0.4, -0.2) is 15.0 Å². The van der Waals surface area contributed by atoms with Crippen molar-refractivity contribution in [1.29, 1.82) is 0 Å². The van der Waals surface area contributed by atoms with Crippen molar-refractivity contribution in [3.8, 4) is 34.2 Å². The van der Waals surface area contributed by atoms with Crippen molar-refractivity contribution in [1.82, 2.24) is 15.0 Å². The van der Waals surface area contributed by atoms with E-state index in [4.69, 9.17) is 15.0 Å². The molecule has 6 rings (SSSR count). The minimum atomic E-state index is 0.683. The van der Waals surface area contributed by atoms with E-state index in [0.29, 0.717) is 17.5 Å². The summed E-state index contributed by atoms with van der Waals surface area (Å²) in [7, 11) is 0. The van der Waals surface area contributed by atoms with Crippen LogP contribution in [0.5, 0.6) is 0 Å². The highest BCUT2D eigenvalue weighted by molar-refractivity contribution is 7.26. The molecule has 4 heteroatoms.